The summed E-state index contributed by atoms with van der Waals surface area (Å²) in [5, 5.41) is 4.92. The van der Waals surface area contributed by atoms with Gasteiger partial charge >= 0.3 is 0 Å². The van der Waals surface area contributed by atoms with Crippen molar-refractivity contribution >= 4 is 29.1 Å². The average Bonchev–Trinajstić information content (AvgIpc) is 3.29. The third-order valence-corrected chi connectivity index (χ3v) is 5.77. The molecule has 0 spiro atoms. The number of likely N-dealkylation sites (N-methyl/N-ethyl adjacent to an activating group) is 1. The molecule has 1 aliphatic rings. The van der Waals surface area contributed by atoms with E-state index >= 15 is 0 Å². The second-order valence-electron chi connectivity index (χ2n) is 6.30. The van der Waals surface area contributed by atoms with Gasteiger partial charge in [0.15, 0.2) is 0 Å². The summed E-state index contributed by atoms with van der Waals surface area (Å²) in [6, 6.07) is 10.8. The molecule has 27 heavy (non-hydrogen) atoms. The van der Waals surface area contributed by atoms with Crippen LogP contribution in [0.1, 0.15) is 45.5 Å². The lowest BCUT2D eigenvalue weighted by atomic mass is 10.1. The Morgan fingerprint density at radius 3 is 2.22 bits per heavy atom. The zero-order valence-corrected chi connectivity index (χ0v) is 16.3. The summed E-state index contributed by atoms with van der Waals surface area (Å²) in [4.78, 5) is 41.7. The highest BCUT2D eigenvalue weighted by atomic mass is 32.1. The Morgan fingerprint density at radius 2 is 1.70 bits per heavy atom. The zero-order valence-electron chi connectivity index (χ0n) is 15.5. The van der Waals surface area contributed by atoms with Gasteiger partial charge < -0.3 is 5.32 Å². The van der Waals surface area contributed by atoms with Crippen LogP contribution >= 0.6 is 11.3 Å². The molecule has 1 aromatic heterocycles. The minimum Gasteiger partial charge on any atom is -0.353 e. The molecule has 3 amide bonds. The van der Waals surface area contributed by atoms with Gasteiger partial charge in [0.05, 0.1) is 17.2 Å². The number of hydrogen-bond donors (Lipinski definition) is 1. The lowest BCUT2D eigenvalue weighted by Gasteiger charge is -2.29. The number of nitrogens with zero attached hydrogens (tertiary/aromatic N) is 2. The van der Waals surface area contributed by atoms with Gasteiger partial charge in [0.25, 0.3) is 11.8 Å². The zero-order chi connectivity index (χ0) is 19.4. The van der Waals surface area contributed by atoms with Crippen LogP contribution in [0.15, 0.2) is 41.8 Å². The largest absolute Gasteiger partial charge is 0.353 e. The molecule has 6 nitrogen and oxygen atoms in total. The molecule has 0 saturated heterocycles. The molecule has 1 aromatic carbocycles. The van der Waals surface area contributed by atoms with Gasteiger partial charge in [-0.25, -0.2) is 0 Å². The fraction of sp³-hybridized carbons (Fsp3) is 0.350. The first-order valence-corrected chi connectivity index (χ1v) is 9.94. The van der Waals surface area contributed by atoms with Crippen LogP contribution in [0.5, 0.6) is 0 Å². The number of imide groups is 1. The van der Waals surface area contributed by atoms with Crippen LogP contribution in [0.25, 0.3) is 0 Å². The number of amides is 3. The monoisotopic (exact) mass is 385 g/mol. The minimum absolute atomic E-state index is 0.0751. The van der Waals surface area contributed by atoms with Gasteiger partial charge in [-0.05, 0) is 36.7 Å². The summed E-state index contributed by atoms with van der Waals surface area (Å²) in [5.41, 5.74) is 0.713. The van der Waals surface area contributed by atoms with Crippen LogP contribution in [-0.4, -0.2) is 53.7 Å². The SMILES string of the molecule is CCN(CC)C(CNC(=O)CN1C(=O)c2ccccc2C1=O)c1cccs1. The van der Waals surface area contributed by atoms with Gasteiger partial charge in [0.2, 0.25) is 5.91 Å². The summed E-state index contributed by atoms with van der Waals surface area (Å²) in [6.07, 6.45) is 0. The molecule has 0 aliphatic carbocycles. The van der Waals surface area contributed by atoms with Gasteiger partial charge in [0, 0.05) is 11.4 Å². The first-order chi connectivity index (χ1) is 13.1. The molecule has 0 bridgehead atoms. The van der Waals surface area contributed by atoms with E-state index in [9.17, 15) is 14.4 Å². The van der Waals surface area contributed by atoms with Crippen LogP contribution in [0.2, 0.25) is 0 Å². The van der Waals surface area contributed by atoms with Crippen LogP contribution in [0, 0.1) is 0 Å². The number of carbonyl (C=O) groups excluding carboxylic acids is 3. The Kier molecular flexibility index (Phi) is 6.03. The summed E-state index contributed by atoms with van der Waals surface area (Å²) in [5.74, 6) is -1.16. The molecule has 1 aliphatic heterocycles. The predicted molar refractivity (Wildman–Crippen MR) is 105 cm³/mol. The predicted octanol–water partition coefficient (Wildman–Crippen LogP) is 2.54. The van der Waals surface area contributed by atoms with Crippen LogP contribution in [0.3, 0.4) is 0 Å². The standard InChI is InChI=1S/C20H23N3O3S/c1-3-22(4-2)16(17-10-7-11-27-17)12-21-18(24)13-23-19(25)14-8-5-6-9-15(14)20(23)26/h5-11,16H,3-4,12-13H2,1-2H3,(H,21,24). The van der Waals surface area contributed by atoms with E-state index in [1.165, 1.54) is 4.88 Å². The van der Waals surface area contributed by atoms with Crippen molar-refractivity contribution in [3.05, 3.63) is 57.8 Å². The molecule has 2 heterocycles. The summed E-state index contributed by atoms with van der Waals surface area (Å²) < 4.78 is 0. The van der Waals surface area contributed by atoms with Gasteiger partial charge in [-0.2, -0.15) is 0 Å². The number of thiophene rings is 1. The number of rotatable bonds is 8. The first kappa shape index (κ1) is 19.3. The van der Waals surface area contributed by atoms with Gasteiger partial charge in [-0.3, -0.25) is 24.2 Å². The first-order valence-electron chi connectivity index (χ1n) is 9.06. The summed E-state index contributed by atoms with van der Waals surface area (Å²) >= 11 is 1.66. The molecule has 1 atom stereocenters. The van der Waals surface area contributed by atoms with Crippen LogP contribution in [-0.2, 0) is 4.79 Å². The summed E-state index contributed by atoms with van der Waals surface area (Å²) in [7, 11) is 0. The van der Waals surface area contributed by atoms with E-state index in [2.05, 4.69) is 30.1 Å². The number of carbonyl (C=O) groups is 3. The van der Waals surface area contributed by atoms with E-state index < -0.39 is 11.8 Å². The van der Waals surface area contributed by atoms with E-state index in [-0.39, 0.29) is 18.5 Å². The van der Waals surface area contributed by atoms with Crippen molar-refractivity contribution in [2.24, 2.45) is 0 Å². The molecule has 0 saturated carbocycles. The number of hydrogen-bond acceptors (Lipinski definition) is 5. The highest BCUT2D eigenvalue weighted by Crippen LogP contribution is 2.25. The second-order valence-corrected chi connectivity index (χ2v) is 7.28. The molecule has 7 heteroatoms. The number of benzene rings is 1. The molecular formula is C20H23N3O3S. The Hall–Kier alpha value is -2.51. The highest BCUT2D eigenvalue weighted by Gasteiger charge is 2.36. The molecule has 1 N–H and O–H groups in total. The fourth-order valence-electron chi connectivity index (χ4n) is 3.35. The second kappa shape index (κ2) is 8.45. The minimum atomic E-state index is -0.413. The van der Waals surface area contributed by atoms with E-state index in [1.807, 2.05) is 11.4 Å². The maximum Gasteiger partial charge on any atom is 0.262 e. The van der Waals surface area contributed by atoms with Crippen molar-refractivity contribution < 1.29 is 14.4 Å². The average molecular weight is 385 g/mol. The smallest absolute Gasteiger partial charge is 0.262 e. The molecule has 0 radical (unpaired) electrons. The third kappa shape index (κ3) is 3.94. The van der Waals surface area contributed by atoms with E-state index in [4.69, 9.17) is 0 Å². The van der Waals surface area contributed by atoms with E-state index in [0.29, 0.717) is 17.7 Å². The number of fused-ring (bicyclic) bond motifs is 1. The molecule has 3 rings (SSSR count). The van der Waals surface area contributed by atoms with Crippen molar-refractivity contribution in [2.45, 2.75) is 19.9 Å². The number of nitrogens with one attached hydrogen (secondary N) is 1. The maximum absolute atomic E-state index is 12.4. The van der Waals surface area contributed by atoms with Crippen LogP contribution < -0.4 is 5.32 Å². The van der Waals surface area contributed by atoms with E-state index in [1.54, 1.807) is 35.6 Å². The van der Waals surface area contributed by atoms with Gasteiger partial charge in [-0.1, -0.05) is 32.0 Å². The van der Waals surface area contributed by atoms with Crippen molar-refractivity contribution in [3.63, 3.8) is 0 Å². The topological polar surface area (TPSA) is 69.7 Å². The van der Waals surface area contributed by atoms with Crippen molar-refractivity contribution in [2.75, 3.05) is 26.2 Å². The quantitative estimate of drug-likeness (QED) is 0.709. The van der Waals surface area contributed by atoms with Crippen molar-refractivity contribution in [1.82, 2.24) is 15.1 Å². The lowest BCUT2D eigenvalue weighted by Crippen LogP contribution is -2.43. The van der Waals surface area contributed by atoms with Crippen LogP contribution in [0.4, 0.5) is 0 Å². The molecule has 1 unspecified atom stereocenters. The van der Waals surface area contributed by atoms with Crippen molar-refractivity contribution in [3.8, 4) is 0 Å². The Balaban J connectivity index is 1.64. The normalized spacial score (nSPS) is 14.6. The molecule has 142 valence electrons. The van der Waals surface area contributed by atoms with Gasteiger partial charge in [-0.15, -0.1) is 11.3 Å². The molecule has 2 aromatic rings. The van der Waals surface area contributed by atoms with E-state index in [0.717, 1.165) is 18.0 Å². The Bertz CT molecular complexity index is 796. The van der Waals surface area contributed by atoms with Crippen molar-refractivity contribution in [1.29, 1.82) is 0 Å². The summed E-state index contributed by atoms with van der Waals surface area (Å²) in [6.45, 7) is 6.09. The molecular weight excluding hydrogens is 362 g/mol. The van der Waals surface area contributed by atoms with Gasteiger partial charge in [0.1, 0.15) is 6.54 Å². The lowest BCUT2D eigenvalue weighted by molar-refractivity contribution is -0.121. The third-order valence-electron chi connectivity index (χ3n) is 4.80. The fourth-order valence-corrected chi connectivity index (χ4v) is 4.21. The maximum atomic E-state index is 12.4. The Morgan fingerprint density at radius 1 is 1.07 bits per heavy atom. The highest BCUT2D eigenvalue weighted by molar-refractivity contribution is 7.10. The Labute approximate surface area is 162 Å². The molecule has 0 fully saturated rings.